The molecule has 0 aromatic heterocycles. The van der Waals surface area contributed by atoms with E-state index in [0.717, 1.165) is 0 Å². The average molecular weight is 272 g/mol. The summed E-state index contributed by atoms with van der Waals surface area (Å²) in [6, 6.07) is 6.50. The predicted molar refractivity (Wildman–Crippen MR) is 70.3 cm³/mol. The second-order valence-corrected chi connectivity index (χ2v) is 4.89. The van der Waals surface area contributed by atoms with E-state index in [1.807, 2.05) is 0 Å². The molecule has 0 unspecified atom stereocenters. The Hall–Kier alpha value is -2.69. The molecule has 4 N–H and O–H groups in total. The second-order valence-electron chi connectivity index (χ2n) is 4.89. The van der Waals surface area contributed by atoms with Gasteiger partial charge in [-0.15, -0.1) is 0 Å². The van der Waals surface area contributed by atoms with E-state index < -0.39 is 5.92 Å². The maximum atomic E-state index is 12.3. The first-order valence-corrected chi connectivity index (χ1v) is 6.07. The third kappa shape index (κ3) is 1.84. The van der Waals surface area contributed by atoms with Crippen LogP contribution >= 0.6 is 0 Å². The normalized spacial score (nSPS) is 17.2. The first kappa shape index (κ1) is 12.3. The molecule has 0 saturated heterocycles. The number of aromatic hydroxyl groups is 4. The van der Waals surface area contributed by atoms with Crippen LogP contribution in [-0.2, 0) is 6.42 Å². The highest BCUT2D eigenvalue weighted by Crippen LogP contribution is 2.41. The number of carbonyl (C=O) groups is 1. The minimum absolute atomic E-state index is 0.125. The van der Waals surface area contributed by atoms with Gasteiger partial charge in [-0.3, -0.25) is 4.79 Å². The summed E-state index contributed by atoms with van der Waals surface area (Å²) < 4.78 is 0. The van der Waals surface area contributed by atoms with E-state index in [1.165, 1.54) is 30.3 Å². The molecule has 0 radical (unpaired) electrons. The highest BCUT2D eigenvalue weighted by atomic mass is 16.3. The van der Waals surface area contributed by atoms with Gasteiger partial charge < -0.3 is 20.4 Å². The van der Waals surface area contributed by atoms with Crippen LogP contribution in [0.2, 0.25) is 0 Å². The van der Waals surface area contributed by atoms with E-state index in [4.69, 9.17) is 0 Å². The summed E-state index contributed by atoms with van der Waals surface area (Å²) in [5, 5.41) is 38.2. The number of rotatable bonds is 1. The Kier molecular flexibility index (Phi) is 2.57. The number of Topliss-reactive ketones (excluding diaryl/α,β-unsaturated/α-hetero) is 1. The summed E-state index contributed by atoms with van der Waals surface area (Å²) in [6.07, 6.45) is 0.267. The molecular weight excluding hydrogens is 260 g/mol. The Morgan fingerprint density at radius 1 is 0.850 bits per heavy atom. The summed E-state index contributed by atoms with van der Waals surface area (Å²) in [4.78, 5) is 12.3. The van der Waals surface area contributed by atoms with E-state index in [0.29, 0.717) is 11.1 Å². The lowest BCUT2D eigenvalue weighted by atomic mass is 9.95. The molecule has 0 heterocycles. The van der Waals surface area contributed by atoms with Crippen molar-refractivity contribution >= 4 is 5.78 Å². The largest absolute Gasteiger partial charge is 0.508 e. The van der Waals surface area contributed by atoms with Gasteiger partial charge in [0.05, 0.1) is 5.92 Å². The monoisotopic (exact) mass is 272 g/mol. The number of benzene rings is 2. The van der Waals surface area contributed by atoms with Crippen molar-refractivity contribution in [2.75, 3.05) is 0 Å². The number of phenolic OH excluding ortho intramolecular Hbond substituents is 4. The SMILES string of the molecule is O=C1c2cc(O)cc(O)c2C[C@H]1c1cc(O)cc(O)c1. The molecule has 0 aliphatic heterocycles. The van der Waals surface area contributed by atoms with Crippen LogP contribution in [0.25, 0.3) is 0 Å². The van der Waals surface area contributed by atoms with Gasteiger partial charge >= 0.3 is 0 Å². The van der Waals surface area contributed by atoms with Crippen molar-refractivity contribution in [1.29, 1.82) is 0 Å². The third-order valence-electron chi connectivity index (χ3n) is 3.53. The predicted octanol–water partition coefficient (Wildman–Crippen LogP) is 2.03. The van der Waals surface area contributed by atoms with Crippen molar-refractivity contribution in [3.8, 4) is 23.0 Å². The Labute approximate surface area is 114 Å². The quantitative estimate of drug-likeness (QED) is 0.636. The molecule has 2 aromatic rings. The molecule has 1 aliphatic rings. The van der Waals surface area contributed by atoms with Crippen molar-refractivity contribution in [3.05, 3.63) is 47.0 Å². The second kappa shape index (κ2) is 4.16. The minimum atomic E-state index is -0.587. The summed E-state index contributed by atoms with van der Waals surface area (Å²) in [7, 11) is 0. The standard InChI is InChI=1S/C15H12O5/c16-8-1-7(2-9(17)3-8)11-6-12-13(15(11)20)4-10(18)5-14(12)19/h1-5,11,16-19H,6H2/t11-/m0/s1. The lowest BCUT2D eigenvalue weighted by molar-refractivity contribution is 0.0972. The summed E-state index contributed by atoms with van der Waals surface area (Å²) in [6.45, 7) is 0. The van der Waals surface area contributed by atoms with Gasteiger partial charge in [0, 0.05) is 23.3 Å². The van der Waals surface area contributed by atoms with Crippen LogP contribution in [0.1, 0.15) is 27.4 Å². The number of carbonyl (C=O) groups excluding carboxylic acids is 1. The van der Waals surface area contributed by atoms with E-state index in [-0.39, 0.29) is 40.8 Å². The van der Waals surface area contributed by atoms with Crippen molar-refractivity contribution < 1.29 is 25.2 Å². The number of ketones is 1. The molecule has 3 rings (SSSR count). The van der Waals surface area contributed by atoms with Gasteiger partial charge in [-0.05, 0) is 30.2 Å². The van der Waals surface area contributed by atoms with E-state index in [9.17, 15) is 25.2 Å². The maximum absolute atomic E-state index is 12.3. The molecule has 102 valence electrons. The number of hydrogen-bond donors (Lipinski definition) is 4. The van der Waals surface area contributed by atoms with Crippen LogP contribution in [0.3, 0.4) is 0 Å². The van der Waals surface area contributed by atoms with Gasteiger partial charge in [0.1, 0.15) is 23.0 Å². The van der Waals surface area contributed by atoms with Crippen LogP contribution in [0.15, 0.2) is 30.3 Å². The molecule has 1 aliphatic carbocycles. The van der Waals surface area contributed by atoms with Gasteiger partial charge in [-0.2, -0.15) is 0 Å². The third-order valence-corrected chi connectivity index (χ3v) is 3.53. The molecule has 2 aromatic carbocycles. The van der Waals surface area contributed by atoms with E-state index in [1.54, 1.807) is 0 Å². The molecule has 0 amide bonds. The van der Waals surface area contributed by atoms with Crippen LogP contribution in [0, 0.1) is 0 Å². The van der Waals surface area contributed by atoms with Crippen molar-refractivity contribution in [2.24, 2.45) is 0 Å². The molecule has 0 spiro atoms. The van der Waals surface area contributed by atoms with Gasteiger partial charge in [0.25, 0.3) is 0 Å². The fourth-order valence-corrected chi connectivity index (χ4v) is 2.65. The zero-order valence-corrected chi connectivity index (χ0v) is 10.4. The molecule has 5 heteroatoms. The van der Waals surface area contributed by atoms with Crippen molar-refractivity contribution in [2.45, 2.75) is 12.3 Å². The zero-order chi connectivity index (χ0) is 14.4. The first-order valence-electron chi connectivity index (χ1n) is 6.07. The number of fused-ring (bicyclic) bond motifs is 1. The van der Waals surface area contributed by atoms with Crippen molar-refractivity contribution in [1.82, 2.24) is 0 Å². The van der Waals surface area contributed by atoms with E-state index in [2.05, 4.69) is 0 Å². The van der Waals surface area contributed by atoms with Gasteiger partial charge in [-0.1, -0.05) is 0 Å². The Balaban J connectivity index is 2.07. The van der Waals surface area contributed by atoms with Crippen LogP contribution in [0.4, 0.5) is 0 Å². The Morgan fingerprint density at radius 2 is 1.45 bits per heavy atom. The maximum Gasteiger partial charge on any atom is 0.171 e. The molecule has 5 nitrogen and oxygen atoms in total. The molecule has 20 heavy (non-hydrogen) atoms. The smallest absolute Gasteiger partial charge is 0.171 e. The van der Waals surface area contributed by atoms with Gasteiger partial charge in [-0.25, -0.2) is 0 Å². The lowest BCUT2D eigenvalue weighted by Gasteiger charge is -2.09. The van der Waals surface area contributed by atoms with Crippen LogP contribution < -0.4 is 0 Å². The minimum Gasteiger partial charge on any atom is -0.508 e. The van der Waals surface area contributed by atoms with E-state index >= 15 is 0 Å². The summed E-state index contributed by atoms with van der Waals surface area (Å²) in [5.74, 6) is -1.40. The topological polar surface area (TPSA) is 98.0 Å². The Morgan fingerprint density at radius 3 is 2.10 bits per heavy atom. The summed E-state index contributed by atoms with van der Waals surface area (Å²) >= 11 is 0. The fraction of sp³-hybridized carbons (Fsp3) is 0.133. The molecule has 0 fully saturated rings. The summed E-state index contributed by atoms with van der Waals surface area (Å²) in [5.41, 5.74) is 1.22. The highest BCUT2D eigenvalue weighted by molar-refractivity contribution is 6.06. The molecule has 1 atom stereocenters. The molecule has 0 bridgehead atoms. The fourth-order valence-electron chi connectivity index (χ4n) is 2.65. The van der Waals surface area contributed by atoms with Crippen molar-refractivity contribution in [3.63, 3.8) is 0 Å². The highest BCUT2D eigenvalue weighted by Gasteiger charge is 2.34. The number of hydrogen-bond acceptors (Lipinski definition) is 5. The zero-order valence-electron chi connectivity index (χ0n) is 10.4. The molecule has 0 saturated carbocycles. The van der Waals surface area contributed by atoms with Gasteiger partial charge in [0.15, 0.2) is 5.78 Å². The lowest BCUT2D eigenvalue weighted by Crippen LogP contribution is -2.06. The average Bonchev–Trinajstić information content (AvgIpc) is 2.66. The first-order chi connectivity index (χ1) is 9.45. The number of phenols is 4. The van der Waals surface area contributed by atoms with Crippen LogP contribution in [-0.4, -0.2) is 26.2 Å². The molecular formula is C15H12O5. The van der Waals surface area contributed by atoms with Crippen LogP contribution in [0.5, 0.6) is 23.0 Å². The van der Waals surface area contributed by atoms with Gasteiger partial charge in [0.2, 0.25) is 0 Å². The Bertz CT molecular complexity index is 700.